The van der Waals surface area contributed by atoms with Crippen LogP contribution in [0.15, 0.2) is 24.5 Å². The molecule has 0 aliphatic carbocycles. The minimum absolute atomic E-state index is 0.221. The van der Waals surface area contributed by atoms with Crippen molar-refractivity contribution in [3.8, 4) is 0 Å². The second-order valence-corrected chi connectivity index (χ2v) is 4.47. The maximum atomic E-state index is 10.0. The van der Waals surface area contributed by atoms with Crippen LogP contribution in [0.4, 0.5) is 0 Å². The van der Waals surface area contributed by atoms with Crippen LogP contribution in [0.3, 0.4) is 0 Å². The second kappa shape index (κ2) is 7.36. The smallest absolute Gasteiger partial charge is 0.264 e. The second-order valence-electron chi connectivity index (χ2n) is 2.83. The minimum atomic E-state index is -3.17. The van der Waals surface area contributed by atoms with Gasteiger partial charge in [-0.2, -0.15) is 8.42 Å². The zero-order chi connectivity index (χ0) is 11.7. The third-order valence-corrected chi connectivity index (χ3v) is 2.13. The molecule has 0 fully saturated rings. The molecule has 0 radical (unpaired) electrons. The predicted octanol–water partition coefficient (Wildman–Crippen LogP) is 1.63. The topological polar surface area (TPSA) is 56.3 Å². The van der Waals surface area contributed by atoms with E-state index in [2.05, 4.69) is 22.2 Å². The van der Waals surface area contributed by atoms with Crippen LogP contribution in [0.1, 0.15) is 19.4 Å². The molecule has 15 heavy (non-hydrogen) atoms. The van der Waals surface area contributed by atoms with Crippen molar-refractivity contribution < 1.29 is 12.6 Å². The summed E-state index contributed by atoms with van der Waals surface area (Å²) >= 11 is 0. The van der Waals surface area contributed by atoms with Gasteiger partial charge in [0, 0.05) is 12.4 Å². The zero-order valence-corrected chi connectivity index (χ0v) is 10.1. The number of pyridine rings is 1. The first-order valence-electron chi connectivity index (χ1n) is 4.73. The molecule has 1 rings (SSSR count). The molecule has 0 saturated heterocycles. The largest absolute Gasteiger partial charge is 0.271 e. The fourth-order valence-corrected chi connectivity index (χ4v) is 1.25. The summed E-state index contributed by atoms with van der Waals surface area (Å²) in [6.07, 6.45) is 5.78. The van der Waals surface area contributed by atoms with Crippen molar-refractivity contribution in [3.05, 3.63) is 30.1 Å². The van der Waals surface area contributed by atoms with Crippen LogP contribution < -0.4 is 0 Å². The standard InChI is InChI=1S/C7H9N.C3H8O3S/c1-2-7-4-3-5-8-6-7;1-3-6-7(2,4)5/h3-6H,2H2,1H3;3H2,1-2H3. The molecule has 1 aromatic heterocycles. The summed E-state index contributed by atoms with van der Waals surface area (Å²) in [6, 6.07) is 4.03. The van der Waals surface area contributed by atoms with Crippen molar-refractivity contribution in [2.24, 2.45) is 0 Å². The molecule has 0 bridgehead atoms. The molecule has 0 amide bonds. The van der Waals surface area contributed by atoms with Crippen LogP contribution in [0.25, 0.3) is 0 Å². The summed E-state index contributed by atoms with van der Waals surface area (Å²) in [5.74, 6) is 0. The van der Waals surface area contributed by atoms with E-state index in [1.165, 1.54) is 5.56 Å². The molecule has 0 atom stereocenters. The number of aryl methyl sites for hydroxylation is 1. The molecule has 5 heteroatoms. The van der Waals surface area contributed by atoms with Gasteiger partial charge in [-0.3, -0.25) is 9.17 Å². The average molecular weight is 231 g/mol. The Morgan fingerprint density at radius 3 is 2.27 bits per heavy atom. The molecule has 0 aromatic carbocycles. The van der Waals surface area contributed by atoms with E-state index in [1.54, 1.807) is 13.1 Å². The van der Waals surface area contributed by atoms with Gasteiger partial charge in [-0.1, -0.05) is 13.0 Å². The molecule has 0 aliphatic heterocycles. The van der Waals surface area contributed by atoms with E-state index in [0.29, 0.717) is 0 Å². The summed E-state index contributed by atoms with van der Waals surface area (Å²) < 4.78 is 24.2. The van der Waals surface area contributed by atoms with E-state index < -0.39 is 10.1 Å². The number of hydrogen-bond donors (Lipinski definition) is 0. The van der Waals surface area contributed by atoms with E-state index in [1.807, 2.05) is 12.3 Å². The minimum Gasteiger partial charge on any atom is -0.271 e. The first-order chi connectivity index (χ1) is 6.99. The third kappa shape index (κ3) is 9.37. The van der Waals surface area contributed by atoms with Gasteiger partial charge in [-0.25, -0.2) is 0 Å². The van der Waals surface area contributed by atoms with Gasteiger partial charge in [0.2, 0.25) is 0 Å². The Labute approximate surface area is 91.4 Å². The maximum absolute atomic E-state index is 10.0. The van der Waals surface area contributed by atoms with Crippen molar-refractivity contribution in [2.75, 3.05) is 12.9 Å². The van der Waals surface area contributed by atoms with E-state index in [0.717, 1.165) is 12.7 Å². The lowest BCUT2D eigenvalue weighted by molar-refractivity contribution is 0.342. The third-order valence-electron chi connectivity index (χ3n) is 1.46. The van der Waals surface area contributed by atoms with E-state index in [9.17, 15) is 8.42 Å². The Kier molecular flexibility index (Phi) is 6.90. The summed E-state index contributed by atoms with van der Waals surface area (Å²) in [5.41, 5.74) is 1.30. The SMILES string of the molecule is CCOS(C)(=O)=O.CCc1cccnc1. The zero-order valence-electron chi connectivity index (χ0n) is 9.30. The molecule has 1 aromatic rings. The molecule has 0 saturated carbocycles. The molecule has 0 unspecified atom stereocenters. The van der Waals surface area contributed by atoms with Gasteiger partial charge in [0.05, 0.1) is 12.9 Å². The van der Waals surface area contributed by atoms with Crippen LogP contribution in [0.5, 0.6) is 0 Å². The highest BCUT2D eigenvalue weighted by Crippen LogP contribution is 1.93. The van der Waals surface area contributed by atoms with Gasteiger partial charge in [0.25, 0.3) is 10.1 Å². The van der Waals surface area contributed by atoms with Gasteiger partial charge in [-0.15, -0.1) is 0 Å². The Hall–Kier alpha value is -0.940. The fourth-order valence-electron chi connectivity index (χ4n) is 0.821. The summed E-state index contributed by atoms with van der Waals surface area (Å²) in [4.78, 5) is 3.96. The van der Waals surface area contributed by atoms with Crippen molar-refractivity contribution >= 4 is 10.1 Å². The highest BCUT2D eigenvalue weighted by molar-refractivity contribution is 7.85. The lowest BCUT2D eigenvalue weighted by Gasteiger charge is -1.90. The molecule has 0 spiro atoms. The molecule has 0 N–H and O–H groups in total. The molecule has 4 nitrogen and oxygen atoms in total. The quantitative estimate of drug-likeness (QED) is 0.742. The maximum Gasteiger partial charge on any atom is 0.264 e. The lowest BCUT2D eigenvalue weighted by Crippen LogP contribution is -2.00. The van der Waals surface area contributed by atoms with Crippen molar-refractivity contribution in [1.82, 2.24) is 4.98 Å². The van der Waals surface area contributed by atoms with Gasteiger partial charge in [0.1, 0.15) is 0 Å². The van der Waals surface area contributed by atoms with Gasteiger partial charge in [0.15, 0.2) is 0 Å². The predicted molar refractivity (Wildman–Crippen MR) is 60.1 cm³/mol. The number of aromatic nitrogens is 1. The molecule has 86 valence electrons. The molecule has 1 heterocycles. The van der Waals surface area contributed by atoms with Gasteiger partial charge in [-0.05, 0) is 25.0 Å². The molecular weight excluding hydrogens is 214 g/mol. The van der Waals surface area contributed by atoms with Crippen molar-refractivity contribution in [3.63, 3.8) is 0 Å². The first-order valence-corrected chi connectivity index (χ1v) is 6.54. The van der Waals surface area contributed by atoms with Crippen LogP contribution in [0, 0.1) is 0 Å². The number of hydrogen-bond acceptors (Lipinski definition) is 4. The highest BCUT2D eigenvalue weighted by atomic mass is 32.2. The van der Waals surface area contributed by atoms with Gasteiger partial charge < -0.3 is 0 Å². The Balaban J connectivity index is 0.000000265. The number of rotatable bonds is 3. The van der Waals surface area contributed by atoms with E-state index >= 15 is 0 Å². The molecule has 0 aliphatic rings. The lowest BCUT2D eigenvalue weighted by atomic mass is 10.2. The summed E-state index contributed by atoms with van der Waals surface area (Å²) in [5, 5.41) is 0. The van der Waals surface area contributed by atoms with Crippen LogP contribution in [-0.4, -0.2) is 26.3 Å². The van der Waals surface area contributed by atoms with Crippen LogP contribution in [-0.2, 0) is 20.7 Å². The Morgan fingerprint density at radius 2 is 2.07 bits per heavy atom. The summed E-state index contributed by atoms with van der Waals surface area (Å²) in [6.45, 7) is 3.97. The van der Waals surface area contributed by atoms with Crippen LogP contribution in [0.2, 0.25) is 0 Å². The van der Waals surface area contributed by atoms with Crippen molar-refractivity contribution in [2.45, 2.75) is 20.3 Å². The van der Waals surface area contributed by atoms with Gasteiger partial charge >= 0.3 is 0 Å². The number of nitrogens with zero attached hydrogens (tertiary/aromatic N) is 1. The monoisotopic (exact) mass is 231 g/mol. The van der Waals surface area contributed by atoms with Crippen molar-refractivity contribution in [1.29, 1.82) is 0 Å². The highest BCUT2D eigenvalue weighted by Gasteiger charge is 1.94. The molecular formula is C10H17NO3S. The fraction of sp³-hybridized carbons (Fsp3) is 0.500. The van der Waals surface area contributed by atoms with Crippen LogP contribution >= 0.6 is 0 Å². The normalized spacial score (nSPS) is 10.3. The summed E-state index contributed by atoms with van der Waals surface area (Å²) in [7, 11) is -3.17. The average Bonchev–Trinajstić information content (AvgIpc) is 2.18. The Morgan fingerprint density at radius 1 is 1.40 bits per heavy atom. The van der Waals surface area contributed by atoms with E-state index in [-0.39, 0.29) is 6.61 Å². The Bertz CT molecular complexity index is 348. The van der Waals surface area contributed by atoms with E-state index in [4.69, 9.17) is 0 Å². The first kappa shape index (κ1) is 14.1.